The zero-order valence-electron chi connectivity index (χ0n) is 9.92. The van der Waals surface area contributed by atoms with Crippen molar-refractivity contribution in [2.24, 2.45) is 5.92 Å². The van der Waals surface area contributed by atoms with Gasteiger partial charge in [0.2, 0.25) is 5.91 Å². The number of aromatic amines is 1. The second-order valence-electron chi connectivity index (χ2n) is 4.06. The van der Waals surface area contributed by atoms with E-state index in [-0.39, 0.29) is 11.8 Å². The minimum absolute atomic E-state index is 0.0675. The van der Waals surface area contributed by atoms with Crippen LogP contribution in [-0.4, -0.2) is 29.2 Å². The summed E-state index contributed by atoms with van der Waals surface area (Å²) in [6.07, 6.45) is 2.67. The summed E-state index contributed by atoms with van der Waals surface area (Å²) in [6, 6.07) is 1.94. The number of rotatable bonds is 7. The third kappa shape index (κ3) is 4.93. The van der Waals surface area contributed by atoms with Crippen LogP contribution in [0, 0.1) is 5.92 Å². The lowest BCUT2D eigenvalue weighted by Gasteiger charge is -2.07. The summed E-state index contributed by atoms with van der Waals surface area (Å²) in [6.45, 7) is 6.19. The van der Waals surface area contributed by atoms with Gasteiger partial charge >= 0.3 is 0 Å². The number of carbonyl (C=O) groups is 1. The maximum absolute atomic E-state index is 11.2. The Morgan fingerprint density at radius 2 is 2.31 bits per heavy atom. The van der Waals surface area contributed by atoms with Gasteiger partial charge in [0, 0.05) is 30.9 Å². The lowest BCUT2D eigenvalue weighted by molar-refractivity contribution is -0.123. The molecule has 1 amide bonds. The molecule has 0 fully saturated rings. The third-order valence-electron chi connectivity index (χ3n) is 2.23. The molecule has 0 unspecified atom stereocenters. The van der Waals surface area contributed by atoms with Gasteiger partial charge in [-0.2, -0.15) is 5.10 Å². The molecule has 1 heterocycles. The van der Waals surface area contributed by atoms with Crippen LogP contribution in [0.5, 0.6) is 0 Å². The molecule has 5 nitrogen and oxygen atoms in total. The van der Waals surface area contributed by atoms with Crippen LogP contribution in [0.4, 0.5) is 0 Å². The number of aromatic nitrogens is 2. The molecule has 0 bridgehead atoms. The summed E-state index contributed by atoms with van der Waals surface area (Å²) in [7, 11) is 0. The van der Waals surface area contributed by atoms with Crippen molar-refractivity contribution in [3.63, 3.8) is 0 Å². The lowest BCUT2D eigenvalue weighted by Crippen LogP contribution is -2.30. The van der Waals surface area contributed by atoms with Crippen molar-refractivity contribution in [1.29, 1.82) is 0 Å². The van der Waals surface area contributed by atoms with Crippen LogP contribution < -0.4 is 10.6 Å². The molecule has 0 radical (unpaired) electrons. The zero-order chi connectivity index (χ0) is 11.8. The summed E-state index contributed by atoms with van der Waals surface area (Å²) in [4.78, 5) is 11.2. The summed E-state index contributed by atoms with van der Waals surface area (Å²) >= 11 is 0. The van der Waals surface area contributed by atoms with Crippen LogP contribution in [0.1, 0.15) is 26.0 Å². The Morgan fingerprint density at radius 1 is 1.50 bits per heavy atom. The molecule has 0 spiro atoms. The predicted molar refractivity (Wildman–Crippen MR) is 62.8 cm³/mol. The quantitative estimate of drug-likeness (QED) is 0.596. The first kappa shape index (κ1) is 12.7. The number of H-pyrrole nitrogens is 1. The lowest BCUT2D eigenvalue weighted by atomic mass is 10.2. The van der Waals surface area contributed by atoms with E-state index >= 15 is 0 Å². The first-order valence-corrected chi connectivity index (χ1v) is 5.67. The van der Waals surface area contributed by atoms with Crippen molar-refractivity contribution in [3.05, 3.63) is 18.0 Å². The minimum atomic E-state index is 0.0675. The molecule has 1 aromatic rings. The highest BCUT2D eigenvalue weighted by Gasteiger charge is 2.04. The van der Waals surface area contributed by atoms with Gasteiger partial charge in [0.25, 0.3) is 0 Å². The molecule has 0 aromatic carbocycles. The van der Waals surface area contributed by atoms with Crippen LogP contribution in [-0.2, 0) is 11.3 Å². The monoisotopic (exact) mass is 224 g/mol. The van der Waals surface area contributed by atoms with Gasteiger partial charge in [0.1, 0.15) is 0 Å². The Morgan fingerprint density at radius 3 is 2.94 bits per heavy atom. The summed E-state index contributed by atoms with van der Waals surface area (Å²) in [5, 5.41) is 12.9. The molecular formula is C11H20N4O. The molecule has 3 N–H and O–H groups in total. The largest absolute Gasteiger partial charge is 0.356 e. The second-order valence-corrected chi connectivity index (χ2v) is 4.06. The first-order valence-electron chi connectivity index (χ1n) is 5.67. The van der Waals surface area contributed by atoms with Crippen LogP contribution in [0.15, 0.2) is 12.3 Å². The van der Waals surface area contributed by atoms with Crippen molar-refractivity contribution in [2.45, 2.75) is 26.8 Å². The number of hydrogen-bond acceptors (Lipinski definition) is 3. The van der Waals surface area contributed by atoms with Crippen LogP contribution in [0.3, 0.4) is 0 Å². The topological polar surface area (TPSA) is 69.8 Å². The van der Waals surface area contributed by atoms with Crippen molar-refractivity contribution in [1.82, 2.24) is 20.8 Å². The standard InChI is InChI=1S/C11H20N4O/c1-9(2)11(16)13-6-3-5-12-8-10-4-7-14-15-10/h4,7,9,12H,3,5-6,8H2,1-2H3,(H,13,16)(H,14,15). The fraction of sp³-hybridized carbons (Fsp3) is 0.636. The molecule has 0 aliphatic rings. The summed E-state index contributed by atoms with van der Waals surface area (Å²) < 4.78 is 0. The van der Waals surface area contributed by atoms with E-state index in [2.05, 4.69) is 20.8 Å². The van der Waals surface area contributed by atoms with Crippen molar-refractivity contribution >= 4 is 5.91 Å². The Labute approximate surface area is 96.0 Å². The average Bonchev–Trinajstić information content (AvgIpc) is 2.75. The zero-order valence-corrected chi connectivity index (χ0v) is 9.92. The summed E-state index contributed by atoms with van der Waals surface area (Å²) in [5.74, 6) is 0.187. The predicted octanol–water partition coefficient (Wildman–Crippen LogP) is 0.662. The van der Waals surface area contributed by atoms with E-state index in [1.807, 2.05) is 19.9 Å². The number of amides is 1. The van der Waals surface area contributed by atoms with Gasteiger partial charge in [-0.25, -0.2) is 0 Å². The van der Waals surface area contributed by atoms with E-state index in [0.717, 1.165) is 31.7 Å². The van der Waals surface area contributed by atoms with Crippen LogP contribution >= 0.6 is 0 Å². The van der Waals surface area contributed by atoms with Crippen molar-refractivity contribution in [2.75, 3.05) is 13.1 Å². The molecular weight excluding hydrogens is 204 g/mol. The second kappa shape index (κ2) is 7.00. The number of carbonyl (C=O) groups excluding carboxylic acids is 1. The highest BCUT2D eigenvalue weighted by molar-refractivity contribution is 5.77. The Kier molecular flexibility index (Phi) is 5.56. The van der Waals surface area contributed by atoms with E-state index in [9.17, 15) is 4.79 Å². The average molecular weight is 224 g/mol. The Bertz CT molecular complexity index is 295. The number of nitrogens with one attached hydrogen (secondary N) is 3. The summed E-state index contributed by atoms with van der Waals surface area (Å²) in [5.41, 5.74) is 1.08. The van der Waals surface area contributed by atoms with Crippen molar-refractivity contribution in [3.8, 4) is 0 Å². The molecule has 0 aliphatic carbocycles. The first-order chi connectivity index (χ1) is 7.70. The van der Waals surface area contributed by atoms with Crippen LogP contribution in [0.2, 0.25) is 0 Å². The molecule has 1 aromatic heterocycles. The molecule has 0 atom stereocenters. The van der Waals surface area contributed by atoms with Gasteiger partial charge in [-0.15, -0.1) is 0 Å². The van der Waals surface area contributed by atoms with E-state index in [4.69, 9.17) is 0 Å². The molecule has 16 heavy (non-hydrogen) atoms. The number of hydrogen-bond donors (Lipinski definition) is 3. The maximum atomic E-state index is 11.2. The van der Waals surface area contributed by atoms with Gasteiger partial charge in [-0.3, -0.25) is 9.89 Å². The fourth-order valence-corrected chi connectivity index (χ4v) is 1.24. The molecule has 0 saturated heterocycles. The van der Waals surface area contributed by atoms with Gasteiger partial charge in [0.15, 0.2) is 0 Å². The van der Waals surface area contributed by atoms with Gasteiger partial charge in [-0.05, 0) is 19.0 Å². The van der Waals surface area contributed by atoms with E-state index in [1.165, 1.54) is 0 Å². The molecule has 0 aliphatic heterocycles. The van der Waals surface area contributed by atoms with Gasteiger partial charge in [-0.1, -0.05) is 13.8 Å². The van der Waals surface area contributed by atoms with Gasteiger partial charge in [0.05, 0.1) is 0 Å². The molecule has 1 rings (SSSR count). The fourth-order valence-electron chi connectivity index (χ4n) is 1.24. The van der Waals surface area contributed by atoms with Gasteiger partial charge < -0.3 is 10.6 Å². The molecule has 90 valence electrons. The highest BCUT2D eigenvalue weighted by atomic mass is 16.1. The van der Waals surface area contributed by atoms with Crippen LogP contribution in [0.25, 0.3) is 0 Å². The Balaban J connectivity index is 1.94. The van der Waals surface area contributed by atoms with E-state index < -0.39 is 0 Å². The molecule has 0 saturated carbocycles. The van der Waals surface area contributed by atoms with Crippen molar-refractivity contribution < 1.29 is 4.79 Å². The third-order valence-corrected chi connectivity index (χ3v) is 2.23. The maximum Gasteiger partial charge on any atom is 0.222 e. The Hall–Kier alpha value is -1.36. The van der Waals surface area contributed by atoms with E-state index in [1.54, 1.807) is 6.20 Å². The smallest absolute Gasteiger partial charge is 0.222 e. The number of nitrogens with zero attached hydrogens (tertiary/aromatic N) is 1. The SMILES string of the molecule is CC(C)C(=O)NCCCNCc1ccn[nH]1. The molecule has 5 heteroatoms. The minimum Gasteiger partial charge on any atom is -0.356 e. The van der Waals surface area contributed by atoms with E-state index in [0.29, 0.717) is 0 Å². The highest BCUT2D eigenvalue weighted by Crippen LogP contribution is 1.91. The normalized spacial score (nSPS) is 10.7.